The summed E-state index contributed by atoms with van der Waals surface area (Å²) in [5.74, 6) is -2.20. The number of likely N-dealkylation sites (tertiary alicyclic amines) is 1. The van der Waals surface area contributed by atoms with Crippen LogP contribution in [0.5, 0.6) is 0 Å². The lowest BCUT2D eigenvalue weighted by atomic mass is 9.71. The minimum absolute atomic E-state index is 0. The summed E-state index contributed by atoms with van der Waals surface area (Å²) < 4.78 is 83.1. The van der Waals surface area contributed by atoms with E-state index < -0.39 is 43.4 Å². The smallest absolute Gasteiger partial charge is 0.0936 e. The van der Waals surface area contributed by atoms with Crippen molar-refractivity contribution >= 4 is 12.4 Å². The van der Waals surface area contributed by atoms with Gasteiger partial charge in [0.2, 0.25) is 0 Å². The molecule has 1 saturated carbocycles. The van der Waals surface area contributed by atoms with Crippen LogP contribution in [0.25, 0.3) is 0 Å². The van der Waals surface area contributed by atoms with E-state index in [4.69, 9.17) is 13.7 Å². The van der Waals surface area contributed by atoms with Crippen LogP contribution in [0, 0.1) is 5.92 Å². The highest BCUT2D eigenvalue weighted by atomic mass is 35.5. The van der Waals surface area contributed by atoms with Gasteiger partial charge in [0.1, 0.15) is 0 Å². The van der Waals surface area contributed by atoms with Gasteiger partial charge in [-0.3, -0.25) is 0 Å². The van der Waals surface area contributed by atoms with Crippen LogP contribution in [0.15, 0.2) is 30.3 Å². The number of benzene rings is 1. The van der Waals surface area contributed by atoms with Gasteiger partial charge in [-0.1, -0.05) is 49.5 Å². The van der Waals surface area contributed by atoms with Gasteiger partial charge in [0.05, 0.1) is 5.60 Å². The molecule has 1 aliphatic heterocycles. The molecular weight excluding hydrogens is 294 g/mol. The van der Waals surface area contributed by atoms with Crippen molar-refractivity contribution in [1.82, 2.24) is 4.90 Å². The lowest BCUT2D eigenvalue weighted by Gasteiger charge is -2.40. The fraction of sp³-hybridized carbons (Fsp3) is 0.684. The summed E-state index contributed by atoms with van der Waals surface area (Å²) in [6, 6.07) is 7.83. The van der Waals surface area contributed by atoms with Crippen molar-refractivity contribution in [2.75, 3.05) is 19.6 Å². The Kier molecular flexibility index (Phi) is 3.22. The molecule has 2 fully saturated rings. The molecule has 1 aromatic rings. The normalized spacial score (nSPS) is 41.1. The Morgan fingerprint density at radius 2 is 1.73 bits per heavy atom. The topological polar surface area (TPSA) is 23.5 Å². The highest BCUT2D eigenvalue weighted by molar-refractivity contribution is 5.85. The quantitative estimate of drug-likeness (QED) is 0.865. The first-order valence-corrected chi connectivity index (χ1v) is 7.55. The molecule has 3 rings (SSSR count). The van der Waals surface area contributed by atoms with E-state index in [0.29, 0.717) is 6.54 Å². The first-order valence-electron chi connectivity index (χ1n) is 12.6. The van der Waals surface area contributed by atoms with Crippen molar-refractivity contribution in [2.45, 2.75) is 56.7 Å². The van der Waals surface area contributed by atoms with Crippen molar-refractivity contribution in [3.05, 3.63) is 35.9 Å². The van der Waals surface area contributed by atoms with Crippen molar-refractivity contribution in [3.63, 3.8) is 0 Å². The monoisotopic (exact) mass is 333 g/mol. The minimum atomic E-state index is -3.48. The van der Waals surface area contributed by atoms with Gasteiger partial charge >= 0.3 is 0 Å². The Morgan fingerprint density at radius 3 is 2.36 bits per heavy atom. The largest absolute Gasteiger partial charge is 0.385 e. The van der Waals surface area contributed by atoms with Crippen LogP contribution in [0.3, 0.4) is 0 Å². The zero-order valence-electron chi connectivity index (χ0n) is 22.5. The third-order valence-corrected chi connectivity index (χ3v) is 4.32. The standard InChI is InChI=1S/C19H29NO.ClH/c21-19(17-9-3-1-4-10-17,18-11-5-2-6-12-18)13-16-20-14-7-8-15-20;/h1,3-4,9-10,18,21H,2,5-8,11-16H2;1H/i2D2,5D2,6D2,11D2,12D2;. The average Bonchev–Trinajstić information content (AvgIpc) is 3.19. The number of rotatable bonds is 5. The zero-order valence-corrected chi connectivity index (χ0v) is 13.3. The Bertz CT molecular complexity index is 771. The van der Waals surface area contributed by atoms with Gasteiger partial charge in [-0.15, -0.1) is 12.4 Å². The molecule has 2 nitrogen and oxygen atoms in total. The molecule has 1 atom stereocenters. The first kappa shape index (κ1) is 8.50. The summed E-state index contributed by atoms with van der Waals surface area (Å²) in [7, 11) is 0. The summed E-state index contributed by atoms with van der Waals surface area (Å²) in [5, 5.41) is 11.9. The predicted molar refractivity (Wildman–Crippen MR) is 94.5 cm³/mol. The predicted octanol–water partition coefficient (Wildman–Crippen LogP) is 4.36. The summed E-state index contributed by atoms with van der Waals surface area (Å²) >= 11 is 0. The fourth-order valence-electron chi connectivity index (χ4n) is 3.04. The van der Waals surface area contributed by atoms with Crippen LogP contribution in [-0.2, 0) is 5.60 Å². The molecular formula is C19H30ClNO. The first-order chi connectivity index (χ1) is 14.0. The summed E-state index contributed by atoms with van der Waals surface area (Å²) in [6.45, 7) is 1.85. The van der Waals surface area contributed by atoms with E-state index in [1.165, 1.54) is 12.1 Å². The van der Waals surface area contributed by atoms with Gasteiger partial charge in [-0.2, -0.15) is 0 Å². The van der Waals surface area contributed by atoms with Crippen molar-refractivity contribution in [3.8, 4) is 0 Å². The zero-order chi connectivity index (χ0) is 23.5. The molecule has 0 amide bonds. The van der Waals surface area contributed by atoms with Crippen molar-refractivity contribution < 1.29 is 18.8 Å². The molecule has 0 radical (unpaired) electrons. The second kappa shape index (κ2) is 8.33. The van der Waals surface area contributed by atoms with Gasteiger partial charge in [0.15, 0.2) is 0 Å². The number of hydrogen-bond acceptors (Lipinski definition) is 2. The molecule has 1 aliphatic carbocycles. The minimum Gasteiger partial charge on any atom is -0.385 e. The molecule has 1 unspecified atom stereocenters. The van der Waals surface area contributed by atoms with Gasteiger partial charge in [0.25, 0.3) is 0 Å². The molecule has 2 aliphatic rings. The number of halogens is 1. The van der Waals surface area contributed by atoms with E-state index in [2.05, 4.69) is 0 Å². The van der Waals surface area contributed by atoms with Crippen LogP contribution in [0.2, 0.25) is 0 Å². The van der Waals surface area contributed by atoms with Crippen LogP contribution in [0.1, 0.15) is 70.4 Å². The molecule has 22 heavy (non-hydrogen) atoms. The molecule has 1 N–H and O–H groups in total. The average molecular weight is 334 g/mol. The fourth-order valence-corrected chi connectivity index (χ4v) is 3.04. The highest BCUT2D eigenvalue weighted by Crippen LogP contribution is 2.41. The molecule has 1 heterocycles. The third kappa shape index (κ3) is 4.04. The number of aliphatic hydroxyl groups is 1. The Labute approximate surface area is 155 Å². The van der Waals surface area contributed by atoms with Crippen molar-refractivity contribution in [1.29, 1.82) is 0 Å². The van der Waals surface area contributed by atoms with E-state index >= 15 is 0 Å². The lowest BCUT2D eigenvalue weighted by molar-refractivity contribution is -0.0510. The number of hydrogen-bond donors (Lipinski definition) is 1. The third-order valence-electron chi connectivity index (χ3n) is 4.32. The Morgan fingerprint density at radius 1 is 1.09 bits per heavy atom. The molecule has 124 valence electrons. The second-order valence-corrected chi connectivity index (χ2v) is 5.69. The highest BCUT2D eigenvalue weighted by Gasteiger charge is 2.38. The molecule has 1 saturated heterocycles. The van der Waals surface area contributed by atoms with Crippen LogP contribution < -0.4 is 0 Å². The van der Waals surface area contributed by atoms with Gasteiger partial charge < -0.3 is 10.0 Å². The van der Waals surface area contributed by atoms with Gasteiger partial charge in [-0.25, -0.2) is 0 Å². The molecule has 1 aromatic carbocycles. The molecule has 3 heteroatoms. The summed E-state index contributed by atoms with van der Waals surface area (Å²) in [5.41, 5.74) is -2.12. The van der Waals surface area contributed by atoms with Crippen LogP contribution >= 0.6 is 12.4 Å². The van der Waals surface area contributed by atoms with Gasteiger partial charge in [-0.05, 0) is 56.6 Å². The lowest BCUT2D eigenvalue weighted by Crippen LogP contribution is -2.39. The Balaban J connectivity index is 0.00000363. The number of nitrogens with zero attached hydrogens (tertiary/aromatic N) is 1. The summed E-state index contributed by atoms with van der Waals surface area (Å²) in [6.07, 6.45) is -14.9. The van der Waals surface area contributed by atoms with E-state index in [-0.39, 0.29) is 24.4 Å². The summed E-state index contributed by atoms with van der Waals surface area (Å²) in [4.78, 5) is 2.05. The second-order valence-electron chi connectivity index (χ2n) is 5.69. The van der Waals surface area contributed by atoms with Crippen LogP contribution in [0.4, 0.5) is 0 Å². The van der Waals surface area contributed by atoms with Crippen molar-refractivity contribution in [2.24, 2.45) is 5.92 Å². The van der Waals surface area contributed by atoms with E-state index in [0.717, 1.165) is 25.9 Å². The SMILES string of the molecule is Cl.[2H]C1([2H])C(C(O)(CCN2CCCC2)c2ccccc2)C([2H])([2H])C([2H])([2H])C([2H])([2H])C1([2H])[2H]. The van der Waals surface area contributed by atoms with E-state index in [1.807, 2.05) is 4.90 Å². The molecule has 0 bridgehead atoms. The Hall–Kier alpha value is -0.570. The maximum absolute atomic E-state index is 11.9. The maximum Gasteiger partial charge on any atom is 0.0936 e. The maximum atomic E-state index is 11.9. The molecule has 0 aromatic heterocycles. The van der Waals surface area contributed by atoms with Crippen LogP contribution in [-0.4, -0.2) is 29.6 Å². The van der Waals surface area contributed by atoms with E-state index in [9.17, 15) is 5.11 Å². The van der Waals surface area contributed by atoms with Gasteiger partial charge in [0, 0.05) is 20.3 Å². The molecule has 0 spiro atoms. The van der Waals surface area contributed by atoms with E-state index in [1.54, 1.807) is 18.2 Å².